The number of aromatic amines is 2. The molecule has 6 aromatic rings. The van der Waals surface area contributed by atoms with E-state index in [1.165, 1.54) is 44.5 Å². The summed E-state index contributed by atoms with van der Waals surface area (Å²) in [6.07, 6.45) is 0.299. The maximum Gasteiger partial charge on any atom is 0.407 e. The first-order chi connectivity index (χ1) is 29.6. The predicted octanol–water partition coefficient (Wildman–Crippen LogP) is 9.25. The number of methoxy groups -OCH3 is 2. The van der Waals surface area contributed by atoms with E-state index in [1.807, 2.05) is 37.5 Å². The van der Waals surface area contributed by atoms with Crippen LogP contribution in [0.25, 0.3) is 52.3 Å². The van der Waals surface area contributed by atoms with Crippen LogP contribution in [0.15, 0.2) is 36.4 Å². The molecule has 328 valence electrons. The highest BCUT2D eigenvalue weighted by molar-refractivity contribution is 7.31. The van der Waals surface area contributed by atoms with E-state index in [4.69, 9.17) is 19.4 Å². The summed E-state index contributed by atoms with van der Waals surface area (Å²) in [6.45, 7) is 17.5. The molecule has 0 radical (unpaired) electrons. The van der Waals surface area contributed by atoms with Gasteiger partial charge < -0.3 is 39.9 Å². The second kappa shape index (κ2) is 17.0. The Kier molecular flexibility index (Phi) is 11.8. The minimum Gasteiger partial charge on any atom is -0.453 e. The molecule has 8 rings (SSSR count). The van der Waals surface area contributed by atoms with E-state index in [2.05, 4.69) is 84.7 Å². The van der Waals surface area contributed by atoms with Crippen LogP contribution >= 0.6 is 22.7 Å². The lowest BCUT2D eigenvalue weighted by atomic mass is 10.0. The molecule has 4 N–H and O–H groups in total. The fourth-order valence-corrected chi connectivity index (χ4v) is 12.0. The lowest BCUT2D eigenvalue weighted by molar-refractivity contribution is -0.136. The molecule has 6 heterocycles. The Morgan fingerprint density at radius 3 is 1.42 bits per heavy atom. The number of nitrogens with zero attached hydrogens (tertiary/aromatic N) is 4. The molecule has 4 aromatic heterocycles. The van der Waals surface area contributed by atoms with Crippen molar-refractivity contribution in [2.24, 2.45) is 23.7 Å². The van der Waals surface area contributed by atoms with E-state index in [-0.39, 0.29) is 47.6 Å². The Morgan fingerprint density at radius 1 is 0.677 bits per heavy atom. The van der Waals surface area contributed by atoms with Crippen LogP contribution in [0.3, 0.4) is 0 Å². The van der Waals surface area contributed by atoms with Crippen molar-refractivity contribution >= 4 is 78.1 Å². The first-order valence-electron chi connectivity index (χ1n) is 21.4. The average molecular weight is 881 g/mol. The van der Waals surface area contributed by atoms with Gasteiger partial charge >= 0.3 is 12.2 Å². The molecule has 2 aromatic carbocycles. The summed E-state index contributed by atoms with van der Waals surface area (Å²) in [4.78, 5) is 75.2. The van der Waals surface area contributed by atoms with Gasteiger partial charge in [0.15, 0.2) is 0 Å². The van der Waals surface area contributed by atoms with Crippen LogP contribution in [0.2, 0.25) is 0 Å². The summed E-state index contributed by atoms with van der Waals surface area (Å²) in [5.41, 5.74) is 8.14. The molecule has 0 bridgehead atoms. The third kappa shape index (κ3) is 7.91. The molecule has 4 amide bonds. The molecule has 14 nitrogen and oxygen atoms in total. The predicted molar refractivity (Wildman–Crippen MR) is 244 cm³/mol. The van der Waals surface area contributed by atoms with Crippen molar-refractivity contribution in [1.82, 2.24) is 40.4 Å². The number of carbonyl (C=O) groups is 4. The number of likely N-dealkylation sites (tertiary alicyclic amines) is 2. The molecule has 0 saturated carbocycles. The van der Waals surface area contributed by atoms with Crippen LogP contribution < -0.4 is 10.6 Å². The van der Waals surface area contributed by atoms with Gasteiger partial charge in [0.2, 0.25) is 11.8 Å². The van der Waals surface area contributed by atoms with Crippen molar-refractivity contribution in [3.63, 3.8) is 0 Å². The number of nitrogens with one attached hydrogen (secondary N) is 4. The summed E-state index contributed by atoms with van der Waals surface area (Å²) >= 11 is 3.59. The lowest BCUT2D eigenvalue weighted by Crippen LogP contribution is -2.51. The molecule has 0 unspecified atom stereocenters. The first kappa shape index (κ1) is 43.2. The number of hydrogen-bond acceptors (Lipinski definition) is 10. The molecular formula is C46H56N8O6S2. The fraction of sp³-hybridized carbons (Fsp3) is 0.478. The number of aromatic nitrogens is 4. The third-order valence-electron chi connectivity index (χ3n) is 12.5. The van der Waals surface area contributed by atoms with Crippen LogP contribution in [-0.2, 0) is 19.1 Å². The summed E-state index contributed by atoms with van der Waals surface area (Å²) in [6, 6.07) is 10.8. The largest absolute Gasteiger partial charge is 0.453 e. The van der Waals surface area contributed by atoms with Gasteiger partial charge in [-0.1, -0.05) is 53.7 Å². The van der Waals surface area contributed by atoms with Crippen LogP contribution in [0, 0.1) is 37.5 Å². The van der Waals surface area contributed by atoms with Crippen molar-refractivity contribution in [2.45, 2.75) is 92.4 Å². The Morgan fingerprint density at radius 2 is 1.06 bits per heavy atom. The molecule has 0 aliphatic carbocycles. The van der Waals surface area contributed by atoms with Crippen LogP contribution in [0.1, 0.15) is 89.2 Å². The van der Waals surface area contributed by atoms with Gasteiger partial charge in [-0.2, -0.15) is 0 Å². The van der Waals surface area contributed by atoms with E-state index < -0.39 is 24.3 Å². The molecule has 2 fully saturated rings. The van der Waals surface area contributed by atoms with Gasteiger partial charge in [0, 0.05) is 32.2 Å². The second-order valence-electron chi connectivity index (χ2n) is 17.9. The van der Waals surface area contributed by atoms with Gasteiger partial charge in [-0.25, -0.2) is 19.6 Å². The minimum atomic E-state index is -0.703. The highest BCUT2D eigenvalue weighted by Gasteiger charge is 2.42. The lowest BCUT2D eigenvalue weighted by Gasteiger charge is -2.30. The topological polar surface area (TPSA) is 175 Å². The first-order valence-corrected chi connectivity index (χ1v) is 23.0. The number of aryl methyl sites for hydroxylation is 2. The van der Waals surface area contributed by atoms with E-state index in [0.29, 0.717) is 13.1 Å². The van der Waals surface area contributed by atoms with E-state index in [0.717, 1.165) is 57.7 Å². The standard InChI is InChI=1S/C46H56N8O6S2/c1-21(2)35(51-45(57)59-9)43(55)53-19-23(5)15-33(53)41-47-29-13-11-27(17-31(29)49-41)37-25(7)39-40(61-37)26(8)38(62-39)28-12-14-30-32(18-28)50-42(48-30)34-16-24(6)20-54(34)44(56)36(22(3)4)52-46(58)60-10/h11-14,17-18,21-24,33-36H,15-16,19-20H2,1-10H3,(H,47,49)(H,48,50)(H,51,57)(H,52,58)/t23-,24-,33-,34-,35-,36-/m0/s1. The van der Waals surface area contributed by atoms with Crippen LogP contribution in [0.5, 0.6) is 0 Å². The number of carbonyl (C=O) groups excluding carboxylic acids is 4. The van der Waals surface area contributed by atoms with Crippen molar-refractivity contribution in [3.05, 3.63) is 59.2 Å². The molecular weight excluding hydrogens is 825 g/mol. The maximum atomic E-state index is 13.9. The highest BCUT2D eigenvalue weighted by atomic mass is 32.1. The number of fused-ring (bicyclic) bond motifs is 3. The molecule has 2 saturated heterocycles. The molecule has 62 heavy (non-hydrogen) atoms. The maximum absolute atomic E-state index is 13.9. The third-order valence-corrected chi connectivity index (χ3v) is 15.6. The van der Waals surface area contributed by atoms with Crippen molar-refractivity contribution in [3.8, 4) is 20.9 Å². The summed E-state index contributed by atoms with van der Waals surface area (Å²) < 4.78 is 12.1. The van der Waals surface area contributed by atoms with E-state index >= 15 is 0 Å². The number of H-pyrrole nitrogens is 2. The van der Waals surface area contributed by atoms with Gasteiger partial charge in [-0.05, 0) is 96.9 Å². The summed E-state index contributed by atoms with van der Waals surface area (Å²) in [7, 11) is 2.60. The Labute approximate surface area is 369 Å². The zero-order valence-corrected chi connectivity index (χ0v) is 38.6. The van der Waals surface area contributed by atoms with Crippen LogP contribution in [-0.4, -0.2) is 93.1 Å². The number of amides is 4. The zero-order valence-electron chi connectivity index (χ0n) is 37.0. The molecule has 0 spiro atoms. The van der Waals surface area contributed by atoms with E-state index in [9.17, 15) is 19.2 Å². The summed E-state index contributed by atoms with van der Waals surface area (Å²) in [5.74, 6) is 1.54. The van der Waals surface area contributed by atoms with Gasteiger partial charge in [-0.3, -0.25) is 9.59 Å². The molecule has 16 heteroatoms. The number of thiophene rings is 2. The van der Waals surface area contributed by atoms with Crippen molar-refractivity contribution in [1.29, 1.82) is 0 Å². The van der Waals surface area contributed by atoms with Crippen molar-refractivity contribution in [2.75, 3.05) is 27.3 Å². The number of alkyl carbamates (subject to hydrolysis) is 2. The van der Waals surface area contributed by atoms with Gasteiger partial charge in [0.1, 0.15) is 23.7 Å². The minimum absolute atomic E-state index is 0.117. The van der Waals surface area contributed by atoms with E-state index in [1.54, 1.807) is 22.7 Å². The Balaban J connectivity index is 1.04. The zero-order chi connectivity index (χ0) is 44.3. The second-order valence-corrected chi connectivity index (χ2v) is 19.9. The number of rotatable bonds is 10. The Bertz CT molecular complexity index is 2510. The average Bonchev–Trinajstić information content (AvgIpc) is 4.10. The van der Waals surface area contributed by atoms with Gasteiger partial charge in [0.25, 0.3) is 0 Å². The Hall–Kier alpha value is -5.48. The molecule has 6 atom stereocenters. The van der Waals surface area contributed by atoms with Gasteiger partial charge in [0.05, 0.1) is 48.4 Å². The number of benzene rings is 2. The number of hydrogen-bond donors (Lipinski definition) is 4. The number of imidazole rings is 2. The molecule has 2 aliphatic heterocycles. The SMILES string of the molecule is COC(=O)N[C@H](C(=O)N1C[C@@H](C)C[C@H]1c1nc2cc(-c3sc4c(C)c(-c5ccc6[nH]c([C@@H]7C[C@H](C)CN7C(=O)[C@@H](NC(=O)OC)C(C)C)nc6c5)sc4c3C)ccc2[nH]1)C(C)C. The fourth-order valence-electron chi connectivity index (χ4n) is 9.20. The van der Waals surface area contributed by atoms with Gasteiger partial charge in [-0.15, -0.1) is 22.7 Å². The van der Waals surface area contributed by atoms with Crippen LogP contribution in [0.4, 0.5) is 9.59 Å². The summed E-state index contributed by atoms with van der Waals surface area (Å²) in [5, 5.41) is 5.48. The monoisotopic (exact) mass is 880 g/mol. The molecule has 2 aliphatic rings. The number of ether oxygens (including phenoxy) is 2. The quantitative estimate of drug-likeness (QED) is 0.105. The smallest absolute Gasteiger partial charge is 0.407 e. The highest BCUT2D eigenvalue weighted by Crippen LogP contribution is 2.49. The van der Waals surface area contributed by atoms with Crippen molar-refractivity contribution < 1.29 is 28.7 Å². The normalized spacial score (nSPS) is 20.2.